The molecule has 0 aliphatic carbocycles. The van der Waals surface area contributed by atoms with Crippen molar-refractivity contribution in [1.29, 1.82) is 0 Å². The van der Waals surface area contributed by atoms with Crippen molar-refractivity contribution in [3.63, 3.8) is 0 Å². The molecular weight excluding hydrogens is 809 g/mol. The number of nitrogens with one attached hydrogen (secondary N) is 1. The van der Waals surface area contributed by atoms with Crippen LogP contribution >= 0.6 is 0 Å². The lowest BCUT2D eigenvalue weighted by Crippen LogP contribution is -2.33. The predicted molar refractivity (Wildman–Crippen MR) is 235 cm³/mol. The van der Waals surface area contributed by atoms with Crippen molar-refractivity contribution >= 4 is 17.3 Å². The Morgan fingerprint density at radius 1 is 0.524 bits per heavy atom. The van der Waals surface area contributed by atoms with Crippen LogP contribution in [-0.2, 0) is 35.3 Å². The highest BCUT2D eigenvalue weighted by Crippen LogP contribution is 2.43. The van der Waals surface area contributed by atoms with E-state index < -0.39 is 10.8 Å². The van der Waals surface area contributed by atoms with Gasteiger partial charge in [0.25, 0.3) is 5.69 Å². The minimum absolute atomic E-state index is 0.00235. The normalized spacial score (nSPS) is 12.8. The van der Waals surface area contributed by atoms with Crippen molar-refractivity contribution in [2.75, 3.05) is 28.4 Å². The summed E-state index contributed by atoms with van der Waals surface area (Å²) in [6.45, 7) is 0. The molecule has 5 aromatic carbocycles. The van der Waals surface area contributed by atoms with Gasteiger partial charge in [0.2, 0.25) is 0 Å². The summed E-state index contributed by atoms with van der Waals surface area (Å²) in [5, 5.41) is 56.5. The number of nitro benzene ring substituents is 1. The van der Waals surface area contributed by atoms with Gasteiger partial charge in [-0.25, -0.2) is 0 Å². The number of phenolic OH excluding ortho intramolecular Hbond substituents is 4. The Labute approximate surface area is 364 Å². The first-order valence-electron chi connectivity index (χ1n) is 20.3. The molecule has 5 N–H and O–H groups in total. The van der Waals surface area contributed by atoms with E-state index in [0.717, 1.165) is 22.3 Å². The first-order valence-corrected chi connectivity index (χ1v) is 20.3. The average Bonchev–Trinajstić information content (AvgIpc) is 3.29. The number of allylic oxidation sites excluding steroid dienone is 4. The van der Waals surface area contributed by atoms with Crippen LogP contribution < -0.4 is 24.3 Å². The molecule has 14 nitrogen and oxygen atoms in total. The Hall–Kier alpha value is -7.48. The lowest BCUT2D eigenvalue weighted by Gasteiger charge is -2.34. The fraction of sp³-hybridized carbons (Fsp3) is 0.265. The van der Waals surface area contributed by atoms with Gasteiger partial charge in [0, 0.05) is 53.4 Å². The number of ether oxygens (including phenoxy) is 4. The molecule has 0 amide bonds. The van der Waals surface area contributed by atoms with Crippen molar-refractivity contribution < 1.29 is 53.9 Å². The predicted octanol–water partition coefficient (Wildman–Crippen LogP) is 8.32. The van der Waals surface area contributed by atoms with Gasteiger partial charge in [-0.15, -0.1) is 0 Å². The second kappa shape index (κ2) is 20.4. The molecule has 5 aromatic rings. The molecule has 0 spiro atoms. The molecule has 0 unspecified atom stereocenters. The van der Waals surface area contributed by atoms with Crippen molar-refractivity contribution in [3.05, 3.63) is 158 Å². The van der Waals surface area contributed by atoms with E-state index in [2.05, 4.69) is 5.32 Å². The summed E-state index contributed by atoms with van der Waals surface area (Å²) >= 11 is 0. The van der Waals surface area contributed by atoms with Crippen LogP contribution in [0.3, 0.4) is 0 Å². The number of ketones is 2. The number of nitro groups is 1. The summed E-state index contributed by atoms with van der Waals surface area (Å²) in [6.07, 6.45) is 1.90. The standard InChI is InChI=1S/C49H50N2O12/c1-60-43-25-29(7-19-37(43)52)5-17-35-48(41(56)23-11-31-9-21-39(54)45(27-31)62-3)47(33-13-15-34(16-14-33)51(58)59)49(42(57)24-12-32-10-22-40(55)46(28-32)63-4)36(50-35)18-6-30-8-20-38(53)44(26-30)61-2/h7-10,13-16,19-22,25-28,47,50,52-55H,5-6,11-12,17-18,23-24H2,1-4H3. The first-order chi connectivity index (χ1) is 30.3. The number of carbonyl (C=O) groups is 2. The fourth-order valence-corrected chi connectivity index (χ4v) is 7.82. The van der Waals surface area contributed by atoms with E-state index in [0.29, 0.717) is 40.9 Å². The molecule has 0 atom stereocenters. The summed E-state index contributed by atoms with van der Waals surface area (Å²) < 4.78 is 21.4. The van der Waals surface area contributed by atoms with Gasteiger partial charge in [-0.1, -0.05) is 36.4 Å². The van der Waals surface area contributed by atoms with Crippen molar-refractivity contribution in [1.82, 2.24) is 5.32 Å². The molecule has 0 saturated carbocycles. The number of non-ortho nitro benzene ring substituents is 1. The second-order valence-electron chi connectivity index (χ2n) is 15.1. The summed E-state index contributed by atoms with van der Waals surface area (Å²) in [5.41, 5.74) is 5.17. The van der Waals surface area contributed by atoms with Crippen LogP contribution in [0, 0.1) is 10.1 Å². The number of nitrogens with zero attached hydrogens (tertiary/aromatic N) is 1. The summed E-state index contributed by atoms with van der Waals surface area (Å²) in [7, 11) is 5.78. The maximum absolute atomic E-state index is 15.0. The van der Waals surface area contributed by atoms with E-state index in [1.807, 2.05) is 0 Å². The maximum Gasteiger partial charge on any atom is 0.269 e. The Balaban J connectivity index is 1.50. The molecule has 1 aliphatic heterocycles. The SMILES string of the molecule is COc1cc(CCC(=O)C2=C(CCc3ccc(O)c(OC)c3)NC(CCc3ccc(O)c(OC)c3)=C(C(=O)CCc3ccc(O)c(OC)c3)C2c2ccc([N+](=O)[O-])cc2)ccc1O. The van der Waals surface area contributed by atoms with Crippen molar-refractivity contribution in [2.45, 2.75) is 57.3 Å². The van der Waals surface area contributed by atoms with Gasteiger partial charge in [-0.05, 0) is 115 Å². The molecule has 0 bridgehead atoms. The molecule has 0 aromatic heterocycles. The van der Waals surface area contributed by atoms with Gasteiger partial charge >= 0.3 is 0 Å². The number of aryl methyl sites for hydroxylation is 4. The number of Topliss-reactive ketones (excluding diaryl/α,β-unsaturated/α-hetero) is 2. The molecule has 63 heavy (non-hydrogen) atoms. The molecule has 1 aliphatic rings. The fourth-order valence-electron chi connectivity index (χ4n) is 7.82. The summed E-state index contributed by atoms with van der Waals surface area (Å²) in [5.74, 6) is -0.564. The monoisotopic (exact) mass is 858 g/mol. The van der Waals surface area contributed by atoms with Crippen LogP contribution in [0.2, 0.25) is 0 Å². The van der Waals surface area contributed by atoms with E-state index in [1.54, 1.807) is 60.7 Å². The molecule has 14 heteroatoms. The van der Waals surface area contributed by atoms with Gasteiger partial charge < -0.3 is 44.7 Å². The van der Waals surface area contributed by atoms with Crippen molar-refractivity contribution in [2.24, 2.45) is 0 Å². The zero-order valence-electron chi connectivity index (χ0n) is 35.5. The lowest BCUT2D eigenvalue weighted by molar-refractivity contribution is -0.384. The van der Waals surface area contributed by atoms with Crippen LogP contribution in [0.1, 0.15) is 59.4 Å². The highest BCUT2D eigenvalue weighted by molar-refractivity contribution is 6.05. The second-order valence-corrected chi connectivity index (χ2v) is 15.1. The van der Waals surface area contributed by atoms with Crippen LogP contribution in [0.25, 0.3) is 0 Å². The molecule has 0 radical (unpaired) electrons. The van der Waals surface area contributed by atoms with E-state index in [1.165, 1.54) is 64.8 Å². The zero-order chi connectivity index (χ0) is 45.2. The van der Waals surface area contributed by atoms with Gasteiger partial charge in [0.05, 0.1) is 33.4 Å². The highest BCUT2D eigenvalue weighted by atomic mass is 16.6. The Morgan fingerprint density at radius 3 is 1.17 bits per heavy atom. The summed E-state index contributed by atoms with van der Waals surface area (Å²) in [6, 6.07) is 25.6. The third kappa shape index (κ3) is 10.7. The topological polar surface area (TPSA) is 207 Å². The number of methoxy groups -OCH3 is 4. The molecule has 1 heterocycles. The quantitative estimate of drug-likeness (QED) is 0.0369. The number of dihydropyridines is 1. The molecule has 0 saturated heterocycles. The van der Waals surface area contributed by atoms with E-state index >= 15 is 9.59 Å². The maximum atomic E-state index is 15.0. The third-order valence-electron chi connectivity index (χ3n) is 11.2. The van der Waals surface area contributed by atoms with E-state index in [4.69, 9.17) is 18.9 Å². The number of rotatable bonds is 20. The molecule has 0 fully saturated rings. The van der Waals surface area contributed by atoms with Gasteiger partial charge in [-0.2, -0.15) is 0 Å². The molecule has 6 rings (SSSR count). The van der Waals surface area contributed by atoms with Gasteiger partial charge in [0.1, 0.15) is 0 Å². The number of aromatic hydroxyl groups is 4. The number of hydrogen-bond acceptors (Lipinski definition) is 13. The zero-order valence-corrected chi connectivity index (χ0v) is 35.5. The summed E-state index contributed by atoms with van der Waals surface area (Å²) in [4.78, 5) is 41.4. The number of benzene rings is 5. The smallest absolute Gasteiger partial charge is 0.269 e. The van der Waals surface area contributed by atoms with Crippen LogP contribution in [0.5, 0.6) is 46.0 Å². The Bertz CT molecular complexity index is 2420. The number of carbonyl (C=O) groups excluding carboxylic acids is 2. The Kier molecular flexibility index (Phi) is 14.6. The number of hydrogen-bond donors (Lipinski definition) is 5. The lowest BCUT2D eigenvalue weighted by atomic mass is 9.74. The number of phenols is 4. The van der Waals surface area contributed by atoms with Gasteiger partial charge in [-0.3, -0.25) is 19.7 Å². The van der Waals surface area contributed by atoms with E-state index in [-0.39, 0.29) is 102 Å². The third-order valence-corrected chi connectivity index (χ3v) is 11.2. The van der Waals surface area contributed by atoms with Crippen LogP contribution in [-0.4, -0.2) is 65.4 Å². The highest BCUT2D eigenvalue weighted by Gasteiger charge is 2.38. The first kappa shape index (κ1) is 45.1. The van der Waals surface area contributed by atoms with Gasteiger partial charge in [0.15, 0.2) is 57.6 Å². The minimum Gasteiger partial charge on any atom is -0.504 e. The largest absolute Gasteiger partial charge is 0.504 e. The minimum atomic E-state index is -0.954. The van der Waals surface area contributed by atoms with Crippen LogP contribution in [0.4, 0.5) is 5.69 Å². The average molecular weight is 859 g/mol. The van der Waals surface area contributed by atoms with E-state index in [9.17, 15) is 30.5 Å². The van der Waals surface area contributed by atoms with Crippen molar-refractivity contribution in [3.8, 4) is 46.0 Å². The van der Waals surface area contributed by atoms with Crippen LogP contribution in [0.15, 0.2) is 120 Å². The molecular formula is C49H50N2O12. The molecule has 328 valence electrons. The Morgan fingerprint density at radius 2 is 0.857 bits per heavy atom.